The molecule has 1 atom stereocenters. The van der Waals surface area contributed by atoms with Crippen LogP contribution in [-0.2, 0) is 11.3 Å². The van der Waals surface area contributed by atoms with Crippen molar-refractivity contribution in [1.82, 2.24) is 10.2 Å². The zero-order chi connectivity index (χ0) is 18.5. The molecule has 1 N–H and O–H groups in total. The predicted octanol–water partition coefficient (Wildman–Crippen LogP) is 4.27. The van der Waals surface area contributed by atoms with Gasteiger partial charge in [-0.2, -0.15) is 0 Å². The minimum atomic E-state index is -0.174. The summed E-state index contributed by atoms with van der Waals surface area (Å²) in [4.78, 5) is 26.9. The van der Waals surface area contributed by atoms with Gasteiger partial charge in [-0.1, -0.05) is 39.7 Å². The number of benzene rings is 2. The summed E-state index contributed by atoms with van der Waals surface area (Å²) >= 11 is 9.31. The molecule has 2 aromatic rings. The van der Waals surface area contributed by atoms with Crippen LogP contribution < -0.4 is 5.32 Å². The molecule has 0 radical (unpaired) electrons. The van der Waals surface area contributed by atoms with Crippen LogP contribution in [0.2, 0.25) is 5.02 Å². The molecule has 1 aliphatic heterocycles. The van der Waals surface area contributed by atoms with Gasteiger partial charge in [0.2, 0.25) is 5.91 Å². The SMILES string of the molecule is O=C(NCc1cccc(Br)c1)C1CCCN(C(=O)c2ccc(Cl)cc2)C1. The second kappa shape index (κ2) is 8.69. The first-order valence-corrected chi connectivity index (χ1v) is 9.77. The van der Waals surface area contributed by atoms with E-state index in [4.69, 9.17) is 11.6 Å². The first kappa shape index (κ1) is 18.9. The molecule has 0 aromatic heterocycles. The third-order valence-corrected chi connectivity index (χ3v) is 5.27. The highest BCUT2D eigenvalue weighted by Crippen LogP contribution is 2.20. The summed E-state index contributed by atoms with van der Waals surface area (Å²) in [6, 6.07) is 14.7. The van der Waals surface area contributed by atoms with Gasteiger partial charge in [0.05, 0.1) is 5.92 Å². The summed E-state index contributed by atoms with van der Waals surface area (Å²) in [5.41, 5.74) is 1.64. The molecule has 1 unspecified atom stereocenters. The molecule has 3 rings (SSSR count). The van der Waals surface area contributed by atoms with E-state index in [1.807, 2.05) is 24.3 Å². The fourth-order valence-corrected chi connectivity index (χ4v) is 3.70. The average molecular weight is 436 g/mol. The molecular weight excluding hydrogens is 416 g/mol. The van der Waals surface area contributed by atoms with Crippen LogP contribution in [0.1, 0.15) is 28.8 Å². The lowest BCUT2D eigenvalue weighted by Crippen LogP contribution is -2.45. The number of likely N-dealkylation sites (tertiary alicyclic amines) is 1. The van der Waals surface area contributed by atoms with Crippen LogP contribution >= 0.6 is 27.5 Å². The number of carbonyl (C=O) groups excluding carboxylic acids is 2. The Balaban J connectivity index is 1.58. The topological polar surface area (TPSA) is 49.4 Å². The molecule has 0 aliphatic carbocycles. The molecule has 0 spiro atoms. The summed E-state index contributed by atoms with van der Waals surface area (Å²) in [5.74, 6) is -0.225. The molecule has 1 saturated heterocycles. The number of nitrogens with one attached hydrogen (secondary N) is 1. The third-order valence-electron chi connectivity index (χ3n) is 4.53. The van der Waals surface area contributed by atoms with Crippen molar-refractivity contribution >= 4 is 39.3 Å². The van der Waals surface area contributed by atoms with Gasteiger partial charge in [0.1, 0.15) is 0 Å². The summed E-state index contributed by atoms with van der Waals surface area (Å²) in [6.45, 7) is 1.61. The number of amides is 2. The molecule has 26 heavy (non-hydrogen) atoms. The Hall–Kier alpha value is -1.85. The number of carbonyl (C=O) groups is 2. The van der Waals surface area contributed by atoms with Crippen LogP contribution in [0.5, 0.6) is 0 Å². The predicted molar refractivity (Wildman–Crippen MR) is 106 cm³/mol. The van der Waals surface area contributed by atoms with E-state index in [2.05, 4.69) is 21.2 Å². The lowest BCUT2D eigenvalue weighted by molar-refractivity contribution is -0.126. The number of rotatable bonds is 4. The fraction of sp³-hybridized carbons (Fsp3) is 0.300. The highest BCUT2D eigenvalue weighted by Gasteiger charge is 2.28. The summed E-state index contributed by atoms with van der Waals surface area (Å²) in [7, 11) is 0. The third kappa shape index (κ3) is 4.86. The Morgan fingerprint density at radius 3 is 2.69 bits per heavy atom. The van der Waals surface area contributed by atoms with Crippen molar-refractivity contribution < 1.29 is 9.59 Å². The van der Waals surface area contributed by atoms with Gasteiger partial charge in [0, 0.05) is 34.7 Å². The number of halogens is 2. The summed E-state index contributed by atoms with van der Waals surface area (Å²) in [5, 5.41) is 3.59. The Bertz CT molecular complexity index is 795. The van der Waals surface area contributed by atoms with Crippen molar-refractivity contribution in [2.75, 3.05) is 13.1 Å². The highest BCUT2D eigenvalue weighted by molar-refractivity contribution is 9.10. The standard InChI is InChI=1S/C20H20BrClN2O2/c21-17-5-1-3-14(11-17)12-23-19(25)16-4-2-10-24(13-16)20(26)15-6-8-18(22)9-7-15/h1,3,5-9,11,16H,2,4,10,12-13H2,(H,23,25). The molecule has 1 fully saturated rings. The molecule has 0 bridgehead atoms. The maximum absolute atomic E-state index is 12.6. The van der Waals surface area contributed by atoms with Gasteiger partial charge in [-0.15, -0.1) is 0 Å². The largest absolute Gasteiger partial charge is 0.352 e. The number of piperidine rings is 1. The number of hydrogen-bond acceptors (Lipinski definition) is 2. The Morgan fingerprint density at radius 1 is 1.19 bits per heavy atom. The number of nitrogens with zero attached hydrogens (tertiary/aromatic N) is 1. The van der Waals surface area contributed by atoms with Crippen LogP contribution in [0.4, 0.5) is 0 Å². The summed E-state index contributed by atoms with van der Waals surface area (Å²) in [6.07, 6.45) is 1.63. The van der Waals surface area contributed by atoms with Crippen LogP contribution in [0.25, 0.3) is 0 Å². The van der Waals surface area contributed by atoms with Crippen molar-refractivity contribution in [3.8, 4) is 0 Å². The van der Waals surface area contributed by atoms with E-state index in [0.717, 1.165) is 22.9 Å². The Morgan fingerprint density at radius 2 is 1.96 bits per heavy atom. The molecule has 2 aromatic carbocycles. The maximum Gasteiger partial charge on any atom is 0.253 e. The van der Waals surface area contributed by atoms with Gasteiger partial charge >= 0.3 is 0 Å². The van der Waals surface area contributed by atoms with Crippen LogP contribution in [0.15, 0.2) is 53.0 Å². The van der Waals surface area contributed by atoms with Gasteiger partial charge in [-0.05, 0) is 54.8 Å². The first-order chi connectivity index (χ1) is 12.5. The van der Waals surface area contributed by atoms with Crippen LogP contribution in [0.3, 0.4) is 0 Å². The van der Waals surface area contributed by atoms with E-state index in [0.29, 0.717) is 30.2 Å². The smallest absolute Gasteiger partial charge is 0.253 e. The molecule has 4 nitrogen and oxygen atoms in total. The first-order valence-electron chi connectivity index (χ1n) is 8.60. The molecule has 136 valence electrons. The van der Waals surface area contributed by atoms with Crippen LogP contribution in [-0.4, -0.2) is 29.8 Å². The minimum absolute atomic E-state index is 0.00131. The van der Waals surface area contributed by atoms with Crippen LogP contribution in [0, 0.1) is 5.92 Å². The highest BCUT2D eigenvalue weighted by atomic mass is 79.9. The lowest BCUT2D eigenvalue weighted by Gasteiger charge is -2.32. The van der Waals surface area contributed by atoms with Crippen molar-refractivity contribution in [1.29, 1.82) is 0 Å². The van der Waals surface area contributed by atoms with Crippen molar-refractivity contribution in [3.05, 3.63) is 69.2 Å². The second-order valence-electron chi connectivity index (χ2n) is 6.44. The second-order valence-corrected chi connectivity index (χ2v) is 7.80. The molecule has 0 saturated carbocycles. The van der Waals surface area contributed by atoms with Crippen molar-refractivity contribution in [3.63, 3.8) is 0 Å². The van der Waals surface area contributed by atoms with E-state index in [1.54, 1.807) is 29.2 Å². The molecular formula is C20H20BrClN2O2. The van der Waals surface area contributed by atoms with E-state index in [9.17, 15) is 9.59 Å². The van der Waals surface area contributed by atoms with Crippen molar-refractivity contribution in [2.45, 2.75) is 19.4 Å². The maximum atomic E-state index is 12.6. The van der Waals surface area contributed by atoms with Gasteiger partial charge in [0.25, 0.3) is 5.91 Å². The zero-order valence-corrected chi connectivity index (χ0v) is 16.6. The average Bonchev–Trinajstić information content (AvgIpc) is 2.66. The zero-order valence-electron chi connectivity index (χ0n) is 14.3. The van der Waals surface area contributed by atoms with Gasteiger partial charge in [0.15, 0.2) is 0 Å². The molecule has 1 heterocycles. The summed E-state index contributed by atoms with van der Waals surface area (Å²) < 4.78 is 0.988. The van der Waals surface area contributed by atoms with Gasteiger partial charge in [-0.25, -0.2) is 0 Å². The molecule has 1 aliphatic rings. The normalized spacial score (nSPS) is 17.0. The van der Waals surface area contributed by atoms with E-state index in [-0.39, 0.29) is 17.7 Å². The van der Waals surface area contributed by atoms with Crippen molar-refractivity contribution in [2.24, 2.45) is 5.92 Å². The Kier molecular flexibility index (Phi) is 6.33. The lowest BCUT2D eigenvalue weighted by atomic mass is 9.96. The molecule has 2 amide bonds. The molecule has 6 heteroatoms. The Labute approximate surface area is 166 Å². The fourth-order valence-electron chi connectivity index (χ4n) is 3.13. The van der Waals surface area contributed by atoms with E-state index >= 15 is 0 Å². The quantitative estimate of drug-likeness (QED) is 0.779. The van der Waals surface area contributed by atoms with Gasteiger partial charge in [-0.3, -0.25) is 9.59 Å². The van der Waals surface area contributed by atoms with E-state index < -0.39 is 0 Å². The van der Waals surface area contributed by atoms with Gasteiger partial charge < -0.3 is 10.2 Å². The minimum Gasteiger partial charge on any atom is -0.352 e. The monoisotopic (exact) mass is 434 g/mol. The number of hydrogen-bond donors (Lipinski definition) is 1. The van der Waals surface area contributed by atoms with E-state index in [1.165, 1.54) is 0 Å².